The van der Waals surface area contributed by atoms with Crippen molar-refractivity contribution in [2.45, 2.75) is 58.0 Å². The molecule has 7 nitrogen and oxygen atoms in total. The minimum absolute atomic E-state index is 0.0753. The predicted octanol–water partition coefficient (Wildman–Crippen LogP) is 3.12. The summed E-state index contributed by atoms with van der Waals surface area (Å²) >= 11 is 0. The molecule has 1 unspecified atom stereocenters. The van der Waals surface area contributed by atoms with E-state index < -0.39 is 0 Å². The van der Waals surface area contributed by atoms with Gasteiger partial charge in [0, 0.05) is 31.5 Å². The van der Waals surface area contributed by atoms with Gasteiger partial charge in [-0.05, 0) is 24.3 Å². The van der Waals surface area contributed by atoms with Gasteiger partial charge in [-0.25, -0.2) is 0 Å². The van der Waals surface area contributed by atoms with E-state index >= 15 is 0 Å². The highest BCUT2D eigenvalue weighted by Gasteiger charge is 2.23. The number of amides is 1. The number of nitrogens with one attached hydrogen (secondary N) is 1. The van der Waals surface area contributed by atoms with Crippen LogP contribution < -0.4 is 5.32 Å². The standard InChI is InChI=1S/C21H25N5O2/c1-14(2)17-13-18(28-25-17)21(27)22-16-8-9-19-23-24-20(26(19)11-10-16)12-15-6-4-3-5-7-15/h3-7,13-14,16H,8-12H2,1-2H3,(H,22,27). The fraction of sp³-hybridized carbons (Fsp3) is 0.429. The lowest BCUT2D eigenvalue weighted by Crippen LogP contribution is -2.35. The number of hydrogen-bond donors (Lipinski definition) is 1. The largest absolute Gasteiger partial charge is 0.351 e. The highest BCUT2D eigenvalue weighted by Crippen LogP contribution is 2.19. The van der Waals surface area contributed by atoms with E-state index in [0.717, 1.165) is 49.6 Å². The SMILES string of the molecule is CC(C)c1cc(C(=O)NC2CCc3nnc(Cc4ccccc4)n3CC2)on1. The summed E-state index contributed by atoms with van der Waals surface area (Å²) in [6, 6.07) is 12.1. The quantitative estimate of drug-likeness (QED) is 0.736. The molecule has 0 aliphatic carbocycles. The van der Waals surface area contributed by atoms with Crippen LogP contribution in [-0.4, -0.2) is 31.9 Å². The van der Waals surface area contributed by atoms with E-state index in [2.05, 4.69) is 37.4 Å². The Morgan fingerprint density at radius 3 is 2.82 bits per heavy atom. The molecule has 28 heavy (non-hydrogen) atoms. The molecular formula is C21H25N5O2. The number of benzene rings is 1. The van der Waals surface area contributed by atoms with E-state index in [1.165, 1.54) is 5.56 Å². The van der Waals surface area contributed by atoms with E-state index in [1.54, 1.807) is 6.07 Å². The monoisotopic (exact) mass is 379 g/mol. The van der Waals surface area contributed by atoms with Gasteiger partial charge in [-0.1, -0.05) is 49.3 Å². The van der Waals surface area contributed by atoms with Crippen molar-refractivity contribution >= 4 is 5.91 Å². The Morgan fingerprint density at radius 2 is 2.07 bits per heavy atom. The molecule has 2 aromatic heterocycles. The van der Waals surface area contributed by atoms with Crippen LogP contribution in [0.2, 0.25) is 0 Å². The molecule has 3 heterocycles. The van der Waals surface area contributed by atoms with Gasteiger partial charge in [-0.3, -0.25) is 4.79 Å². The van der Waals surface area contributed by atoms with Crippen molar-refractivity contribution < 1.29 is 9.32 Å². The predicted molar refractivity (Wildman–Crippen MR) is 104 cm³/mol. The normalized spacial score (nSPS) is 16.6. The molecule has 1 aliphatic rings. The second-order valence-corrected chi connectivity index (χ2v) is 7.61. The van der Waals surface area contributed by atoms with E-state index in [9.17, 15) is 4.79 Å². The van der Waals surface area contributed by atoms with Crippen molar-refractivity contribution in [3.63, 3.8) is 0 Å². The van der Waals surface area contributed by atoms with Gasteiger partial charge in [-0.15, -0.1) is 10.2 Å². The summed E-state index contributed by atoms with van der Waals surface area (Å²) in [5.41, 5.74) is 2.01. The fourth-order valence-electron chi connectivity index (χ4n) is 3.53. The number of aromatic nitrogens is 4. The van der Waals surface area contributed by atoms with Crippen molar-refractivity contribution in [1.29, 1.82) is 0 Å². The van der Waals surface area contributed by atoms with Crippen LogP contribution in [0, 0.1) is 0 Å². The summed E-state index contributed by atoms with van der Waals surface area (Å²) in [4.78, 5) is 12.5. The molecule has 3 aromatic rings. The Balaban J connectivity index is 1.40. The summed E-state index contributed by atoms with van der Waals surface area (Å²) in [7, 11) is 0. The summed E-state index contributed by atoms with van der Waals surface area (Å²) in [5, 5.41) is 15.8. The Morgan fingerprint density at radius 1 is 1.25 bits per heavy atom. The minimum Gasteiger partial charge on any atom is -0.351 e. The number of fused-ring (bicyclic) bond motifs is 1. The van der Waals surface area contributed by atoms with Crippen LogP contribution in [0.3, 0.4) is 0 Å². The van der Waals surface area contributed by atoms with Gasteiger partial charge in [0.25, 0.3) is 5.91 Å². The van der Waals surface area contributed by atoms with E-state index in [0.29, 0.717) is 0 Å². The minimum atomic E-state index is -0.202. The van der Waals surface area contributed by atoms with Crippen LogP contribution in [0.1, 0.15) is 66.1 Å². The molecule has 7 heteroatoms. The Kier molecular flexibility index (Phi) is 5.23. The Hall–Kier alpha value is -2.96. The first kappa shape index (κ1) is 18.4. The van der Waals surface area contributed by atoms with Crippen molar-refractivity contribution in [3.05, 3.63) is 65.1 Å². The zero-order valence-corrected chi connectivity index (χ0v) is 16.3. The molecule has 0 radical (unpaired) electrons. The van der Waals surface area contributed by atoms with E-state index in [-0.39, 0.29) is 23.6 Å². The average Bonchev–Trinajstić information content (AvgIpc) is 3.28. The van der Waals surface area contributed by atoms with Crippen molar-refractivity contribution in [2.75, 3.05) is 0 Å². The Labute approximate surface area is 164 Å². The Bertz CT molecular complexity index is 945. The molecule has 1 aliphatic heterocycles. The van der Waals surface area contributed by atoms with E-state index in [4.69, 9.17) is 4.52 Å². The maximum Gasteiger partial charge on any atom is 0.290 e. The smallest absolute Gasteiger partial charge is 0.290 e. The van der Waals surface area contributed by atoms with Crippen LogP contribution >= 0.6 is 0 Å². The third-order valence-corrected chi connectivity index (χ3v) is 5.21. The van der Waals surface area contributed by atoms with Crippen LogP contribution in [0.15, 0.2) is 40.9 Å². The first-order valence-electron chi connectivity index (χ1n) is 9.82. The third-order valence-electron chi connectivity index (χ3n) is 5.21. The molecule has 1 N–H and O–H groups in total. The van der Waals surface area contributed by atoms with Crippen molar-refractivity contribution in [2.24, 2.45) is 0 Å². The van der Waals surface area contributed by atoms with Gasteiger partial charge in [0.2, 0.25) is 5.76 Å². The molecule has 146 valence electrons. The number of aryl methyl sites for hydroxylation is 1. The molecule has 0 bridgehead atoms. The maximum atomic E-state index is 12.5. The molecule has 0 fully saturated rings. The molecule has 1 aromatic carbocycles. The summed E-state index contributed by atoms with van der Waals surface area (Å²) in [5.74, 6) is 2.27. The highest BCUT2D eigenvalue weighted by atomic mass is 16.5. The molecule has 0 spiro atoms. The topological polar surface area (TPSA) is 85.8 Å². The zero-order valence-electron chi connectivity index (χ0n) is 16.3. The van der Waals surface area contributed by atoms with Gasteiger partial charge < -0.3 is 14.4 Å². The van der Waals surface area contributed by atoms with Crippen LogP contribution in [-0.2, 0) is 19.4 Å². The second kappa shape index (κ2) is 7.96. The van der Waals surface area contributed by atoms with Gasteiger partial charge in [0.15, 0.2) is 0 Å². The second-order valence-electron chi connectivity index (χ2n) is 7.61. The van der Waals surface area contributed by atoms with E-state index in [1.807, 2.05) is 32.0 Å². The summed E-state index contributed by atoms with van der Waals surface area (Å²) in [6.07, 6.45) is 3.23. The van der Waals surface area contributed by atoms with Crippen LogP contribution in [0.25, 0.3) is 0 Å². The van der Waals surface area contributed by atoms with Crippen LogP contribution in [0.4, 0.5) is 0 Å². The highest BCUT2D eigenvalue weighted by molar-refractivity contribution is 5.91. The molecule has 4 rings (SSSR count). The molecule has 1 atom stereocenters. The zero-order chi connectivity index (χ0) is 19.5. The molecule has 0 saturated heterocycles. The van der Waals surface area contributed by atoms with Crippen molar-refractivity contribution in [1.82, 2.24) is 25.2 Å². The van der Waals surface area contributed by atoms with Crippen molar-refractivity contribution in [3.8, 4) is 0 Å². The molecule has 1 amide bonds. The summed E-state index contributed by atoms with van der Waals surface area (Å²) < 4.78 is 7.40. The number of carbonyl (C=O) groups excluding carboxylic acids is 1. The lowest BCUT2D eigenvalue weighted by atomic mass is 10.1. The molecule has 0 saturated carbocycles. The van der Waals surface area contributed by atoms with Crippen LogP contribution in [0.5, 0.6) is 0 Å². The first-order chi connectivity index (χ1) is 13.6. The number of carbonyl (C=O) groups is 1. The number of nitrogens with zero attached hydrogens (tertiary/aromatic N) is 4. The lowest BCUT2D eigenvalue weighted by molar-refractivity contribution is 0.0895. The van der Waals surface area contributed by atoms with Gasteiger partial charge in [0.05, 0.1) is 5.69 Å². The first-order valence-corrected chi connectivity index (χ1v) is 9.82. The van der Waals surface area contributed by atoms with Gasteiger partial charge >= 0.3 is 0 Å². The summed E-state index contributed by atoms with van der Waals surface area (Å²) in [6.45, 7) is 4.84. The number of hydrogen-bond acceptors (Lipinski definition) is 5. The van der Waals surface area contributed by atoms with Gasteiger partial charge in [0.1, 0.15) is 11.6 Å². The van der Waals surface area contributed by atoms with Gasteiger partial charge in [-0.2, -0.15) is 0 Å². The lowest BCUT2D eigenvalue weighted by Gasteiger charge is -2.15. The fourth-order valence-corrected chi connectivity index (χ4v) is 3.53. The number of rotatable bonds is 5. The third kappa shape index (κ3) is 3.98. The molecular weight excluding hydrogens is 354 g/mol. The maximum absolute atomic E-state index is 12.5. The average molecular weight is 379 g/mol.